The maximum absolute atomic E-state index is 11.4. The molecular weight excluding hydrogens is 311 g/mol. The monoisotopic (exact) mass is 318 g/mol. The van der Waals surface area contributed by atoms with Crippen molar-refractivity contribution in [3.05, 3.63) is 26.2 Å². The number of halogens is 1. The quantitative estimate of drug-likeness (QED) is 0.749. The number of nitrogens with zero attached hydrogens (tertiary/aromatic N) is 3. The highest BCUT2D eigenvalue weighted by Gasteiger charge is 2.10. The Kier molecular flexibility index (Phi) is 2.47. The van der Waals surface area contributed by atoms with Gasteiger partial charge in [-0.05, 0) is 28.7 Å². The lowest BCUT2D eigenvalue weighted by Crippen LogP contribution is -2.13. The highest BCUT2D eigenvalue weighted by molar-refractivity contribution is 14.1. The van der Waals surface area contributed by atoms with Crippen LogP contribution in [0.25, 0.3) is 11.5 Å². The summed E-state index contributed by atoms with van der Waals surface area (Å²) in [7, 11) is 1.73. The van der Waals surface area contributed by atoms with Gasteiger partial charge in [0.15, 0.2) is 5.82 Å². The maximum Gasteiger partial charge on any atom is 0.268 e. The van der Waals surface area contributed by atoms with Crippen LogP contribution in [0.1, 0.15) is 0 Å². The topological polar surface area (TPSA) is 83.8 Å². The molecule has 0 atom stereocenters. The Morgan fingerprint density at radius 3 is 2.87 bits per heavy atom. The molecular formula is C8H7IN4O2. The van der Waals surface area contributed by atoms with E-state index in [-0.39, 0.29) is 15.0 Å². The highest BCUT2D eigenvalue weighted by Crippen LogP contribution is 2.17. The number of aryl methyl sites for hydroxylation is 1. The van der Waals surface area contributed by atoms with E-state index in [9.17, 15) is 9.90 Å². The summed E-state index contributed by atoms with van der Waals surface area (Å²) >= 11 is 1.73. The molecule has 0 bridgehead atoms. The van der Waals surface area contributed by atoms with E-state index in [0.29, 0.717) is 11.5 Å². The van der Waals surface area contributed by atoms with Gasteiger partial charge in [-0.2, -0.15) is 10.1 Å². The molecule has 0 aliphatic heterocycles. The molecule has 2 N–H and O–H groups in total. The lowest BCUT2D eigenvalue weighted by atomic mass is 10.4. The SMILES string of the molecule is Cn1nccc1-c1nc(O)c(I)c(=O)[nH]1. The molecule has 78 valence electrons. The molecule has 15 heavy (non-hydrogen) atoms. The summed E-state index contributed by atoms with van der Waals surface area (Å²) in [6, 6.07) is 1.70. The van der Waals surface area contributed by atoms with Gasteiger partial charge in [0, 0.05) is 13.2 Å². The Balaban J connectivity index is 2.66. The molecule has 0 fully saturated rings. The first-order valence-corrected chi connectivity index (χ1v) is 5.14. The minimum absolute atomic E-state index is 0.179. The van der Waals surface area contributed by atoms with E-state index >= 15 is 0 Å². The van der Waals surface area contributed by atoms with Crippen LogP contribution in [0.5, 0.6) is 5.88 Å². The molecule has 0 aliphatic carbocycles. The van der Waals surface area contributed by atoms with Gasteiger partial charge in [0.25, 0.3) is 5.56 Å². The molecule has 0 saturated carbocycles. The highest BCUT2D eigenvalue weighted by atomic mass is 127. The van der Waals surface area contributed by atoms with Crippen LogP contribution in [0.2, 0.25) is 0 Å². The maximum atomic E-state index is 11.4. The normalized spacial score (nSPS) is 10.5. The molecule has 0 spiro atoms. The van der Waals surface area contributed by atoms with E-state index in [0.717, 1.165) is 0 Å². The predicted molar refractivity (Wildman–Crippen MR) is 61.4 cm³/mol. The molecule has 0 aliphatic rings. The average Bonchev–Trinajstić information content (AvgIpc) is 2.60. The minimum Gasteiger partial charge on any atom is -0.492 e. The van der Waals surface area contributed by atoms with Crippen molar-refractivity contribution in [2.45, 2.75) is 0 Å². The first-order chi connectivity index (χ1) is 7.09. The summed E-state index contributed by atoms with van der Waals surface area (Å²) in [6.45, 7) is 0. The molecule has 0 radical (unpaired) electrons. The van der Waals surface area contributed by atoms with Crippen LogP contribution < -0.4 is 5.56 Å². The van der Waals surface area contributed by atoms with E-state index in [1.165, 1.54) is 0 Å². The van der Waals surface area contributed by atoms with Gasteiger partial charge in [0.05, 0.1) is 0 Å². The third kappa shape index (κ3) is 1.74. The number of aromatic hydroxyl groups is 1. The second-order valence-electron chi connectivity index (χ2n) is 2.89. The van der Waals surface area contributed by atoms with Gasteiger partial charge in [0.1, 0.15) is 9.26 Å². The van der Waals surface area contributed by atoms with Crippen LogP contribution in [-0.2, 0) is 7.05 Å². The van der Waals surface area contributed by atoms with E-state index in [2.05, 4.69) is 15.1 Å². The number of hydrogen-bond donors (Lipinski definition) is 2. The zero-order chi connectivity index (χ0) is 11.0. The van der Waals surface area contributed by atoms with Crippen LogP contribution in [0.4, 0.5) is 0 Å². The standard InChI is InChI=1S/C8H7IN4O2/c1-13-4(2-3-10-13)6-11-7(14)5(9)8(15)12-6/h2-3H,1H3,(H2,11,12,14,15). The predicted octanol–water partition coefficient (Wildman–Crippen LogP) is 0.481. The van der Waals surface area contributed by atoms with Crippen molar-refractivity contribution in [2.24, 2.45) is 7.05 Å². The number of aromatic amines is 1. The Morgan fingerprint density at radius 2 is 2.33 bits per heavy atom. The molecule has 2 rings (SSSR count). The largest absolute Gasteiger partial charge is 0.492 e. The van der Waals surface area contributed by atoms with Gasteiger partial charge < -0.3 is 10.1 Å². The number of rotatable bonds is 1. The fourth-order valence-corrected chi connectivity index (χ4v) is 1.43. The van der Waals surface area contributed by atoms with Crippen LogP contribution in [0.15, 0.2) is 17.1 Å². The second kappa shape index (κ2) is 3.65. The van der Waals surface area contributed by atoms with Gasteiger partial charge in [-0.1, -0.05) is 0 Å². The molecule has 0 unspecified atom stereocenters. The molecule has 2 aromatic rings. The average molecular weight is 318 g/mol. The summed E-state index contributed by atoms with van der Waals surface area (Å²) in [5.41, 5.74) is 0.276. The minimum atomic E-state index is -0.362. The Hall–Kier alpha value is -1.38. The Labute approximate surface area is 98.1 Å². The van der Waals surface area contributed by atoms with Crippen molar-refractivity contribution in [2.75, 3.05) is 0 Å². The zero-order valence-corrected chi connectivity index (χ0v) is 9.89. The van der Waals surface area contributed by atoms with E-state index in [1.807, 2.05) is 0 Å². The van der Waals surface area contributed by atoms with Crippen LogP contribution in [-0.4, -0.2) is 24.9 Å². The lowest BCUT2D eigenvalue weighted by molar-refractivity contribution is 0.447. The smallest absolute Gasteiger partial charge is 0.268 e. The summed E-state index contributed by atoms with van der Waals surface area (Å²) in [6.07, 6.45) is 1.59. The molecule has 2 aromatic heterocycles. The van der Waals surface area contributed by atoms with Gasteiger partial charge in [0.2, 0.25) is 5.88 Å². The molecule has 0 aromatic carbocycles. The fraction of sp³-hybridized carbons (Fsp3) is 0.125. The van der Waals surface area contributed by atoms with Crippen LogP contribution in [0.3, 0.4) is 0 Å². The Bertz CT molecular complexity index is 560. The van der Waals surface area contributed by atoms with Crippen molar-refractivity contribution in [3.8, 4) is 17.4 Å². The number of aromatic nitrogens is 4. The number of nitrogens with one attached hydrogen (secondary N) is 1. The summed E-state index contributed by atoms with van der Waals surface area (Å²) < 4.78 is 1.74. The number of H-pyrrole nitrogens is 1. The second-order valence-corrected chi connectivity index (χ2v) is 3.97. The van der Waals surface area contributed by atoms with Gasteiger partial charge in [-0.25, -0.2) is 0 Å². The van der Waals surface area contributed by atoms with E-state index < -0.39 is 0 Å². The van der Waals surface area contributed by atoms with Gasteiger partial charge >= 0.3 is 0 Å². The lowest BCUT2D eigenvalue weighted by Gasteiger charge is -2.02. The summed E-state index contributed by atoms with van der Waals surface area (Å²) in [4.78, 5) is 17.8. The van der Waals surface area contributed by atoms with Crippen molar-refractivity contribution in [1.82, 2.24) is 19.7 Å². The van der Waals surface area contributed by atoms with Crippen LogP contribution >= 0.6 is 22.6 Å². The molecule has 7 heteroatoms. The molecule has 0 amide bonds. The van der Waals surface area contributed by atoms with Crippen molar-refractivity contribution in [3.63, 3.8) is 0 Å². The fourth-order valence-electron chi connectivity index (χ4n) is 1.17. The van der Waals surface area contributed by atoms with E-state index in [4.69, 9.17) is 0 Å². The first-order valence-electron chi connectivity index (χ1n) is 4.06. The molecule has 2 heterocycles. The zero-order valence-electron chi connectivity index (χ0n) is 7.73. The molecule has 6 nitrogen and oxygen atoms in total. The molecule has 0 saturated heterocycles. The first kappa shape index (κ1) is 10.1. The van der Waals surface area contributed by atoms with Crippen molar-refractivity contribution >= 4 is 22.6 Å². The van der Waals surface area contributed by atoms with E-state index in [1.54, 1.807) is 46.6 Å². The Morgan fingerprint density at radius 1 is 1.60 bits per heavy atom. The number of hydrogen-bond acceptors (Lipinski definition) is 4. The summed E-state index contributed by atoms with van der Waals surface area (Å²) in [5, 5.41) is 13.3. The summed E-state index contributed by atoms with van der Waals surface area (Å²) in [5.74, 6) is 0.0356. The van der Waals surface area contributed by atoms with Crippen LogP contribution in [0, 0.1) is 3.57 Å². The third-order valence-electron chi connectivity index (χ3n) is 1.91. The van der Waals surface area contributed by atoms with Crippen molar-refractivity contribution in [1.29, 1.82) is 0 Å². The third-order valence-corrected chi connectivity index (χ3v) is 2.88. The van der Waals surface area contributed by atoms with Crippen molar-refractivity contribution < 1.29 is 5.11 Å². The van der Waals surface area contributed by atoms with Gasteiger partial charge in [-0.3, -0.25) is 9.48 Å². The van der Waals surface area contributed by atoms with Gasteiger partial charge in [-0.15, -0.1) is 0 Å².